The lowest BCUT2D eigenvalue weighted by molar-refractivity contribution is -0.132. The minimum Gasteiger partial charge on any atom is -0.482 e. The zero-order chi connectivity index (χ0) is 17.8. The van der Waals surface area contributed by atoms with Crippen LogP contribution in [0, 0.1) is 0 Å². The molecule has 0 aliphatic carbocycles. The lowest BCUT2D eigenvalue weighted by atomic mass is 10.1. The van der Waals surface area contributed by atoms with Gasteiger partial charge in [-0.3, -0.25) is 4.79 Å². The Morgan fingerprint density at radius 2 is 2.00 bits per heavy atom. The third-order valence-electron chi connectivity index (χ3n) is 4.06. The van der Waals surface area contributed by atoms with E-state index in [1.807, 2.05) is 24.4 Å². The second kappa shape index (κ2) is 7.81. The zero-order valence-electron chi connectivity index (χ0n) is 13.8. The monoisotopic (exact) mass is 376 g/mol. The molecular formula is C19H18Cl2N2O2. The van der Waals surface area contributed by atoms with Crippen LogP contribution >= 0.6 is 23.2 Å². The van der Waals surface area contributed by atoms with E-state index in [1.165, 1.54) is 10.9 Å². The normalized spacial score (nSPS) is 10.8. The van der Waals surface area contributed by atoms with Gasteiger partial charge >= 0.3 is 0 Å². The molecule has 4 nitrogen and oxygen atoms in total. The molecule has 0 spiro atoms. The first-order chi connectivity index (χ1) is 12.0. The first-order valence-electron chi connectivity index (χ1n) is 7.91. The number of aromatic nitrogens is 1. The first kappa shape index (κ1) is 17.6. The molecule has 0 saturated heterocycles. The van der Waals surface area contributed by atoms with Crippen LogP contribution in [-0.2, 0) is 11.2 Å². The highest BCUT2D eigenvalue weighted by Gasteiger charge is 2.12. The summed E-state index contributed by atoms with van der Waals surface area (Å²) in [6.07, 6.45) is 2.76. The number of aromatic amines is 1. The molecular weight excluding hydrogens is 359 g/mol. The average Bonchev–Trinajstić information content (AvgIpc) is 3.02. The van der Waals surface area contributed by atoms with Gasteiger partial charge in [-0.15, -0.1) is 0 Å². The van der Waals surface area contributed by atoms with Gasteiger partial charge in [-0.05, 0) is 36.2 Å². The van der Waals surface area contributed by atoms with Gasteiger partial charge in [0.2, 0.25) is 0 Å². The smallest absolute Gasteiger partial charge is 0.260 e. The fraction of sp³-hybridized carbons (Fsp3) is 0.211. The number of nitrogens with one attached hydrogen (secondary N) is 1. The number of H-pyrrole nitrogens is 1. The molecule has 0 radical (unpaired) electrons. The van der Waals surface area contributed by atoms with Crippen LogP contribution in [0.25, 0.3) is 10.9 Å². The lowest BCUT2D eigenvalue weighted by Gasteiger charge is -2.17. The van der Waals surface area contributed by atoms with Crippen molar-refractivity contribution in [3.05, 3.63) is 64.3 Å². The van der Waals surface area contributed by atoms with Crippen molar-refractivity contribution in [3.8, 4) is 5.75 Å². The molecule has 1 aromatic heterocycles. The SMILES string of the molecule is CN(CCc1c[nH]c2ccccc12)C(=O)COc1ccc(Cl)cc1Cl. The molecule has 0 unspecified atom stereocenters. The maximum atomic E-state index is 12.2. The van der Waals surface area contributed by atoms with E-state index in [1.54, 1.807) is 30.1 Å². The molecule has 2 aromatic carbocycles. The molecule has 1 heterocycles. The quantitative estimate of drug-likeness (QED) is 0.685. The van der Waals surface area contributed by atoms with Gasteiger partial charge in [-0.25, -0.2) is 0 Å². The van der Waals surface area contributed by atoms with E-state index in [-0.39, 0.29) is 12.5 Å². The summed E-state index contributed by atoms with van der Waals surface area (Å²) >= 11 is 11.9. The highest BCUT2D eigenvalue weighted by atomic mass is 35.5. The van der Waals surface area contributed by atoms with Gasteiger partial charge in [0.25, 0.3) is 5.91 Å². The van der Waals surface area contributed by atoms with Gasteiger partial charge in [-0.1, -0.05) is 41.4 Å². The molecule has 0 atom stereocenters. The largest absolute Gasteiger partial charge is 0.482 e. The summed E-state index contributed by atoms with van der Waals surface area (Å²) in [4.78, 5) is 17.1. The summed E-state index contributed by atoms with van der Waals surface area (Å²) in [5.41, 5.74) is 2.30. The molecule has 3 aromatic rings. The standard InChI is InChI=1S/C19H18Cl2N2O2/c1-23(9-8-13-11-22-17-5-3-2-4-15(13)17)19(24)12-25-18-7-6-14(20)10-16(18)21/h2-7,10-11,22H,8-9,12H2,1H3. The highest BCUT2D eigenvalue weighted by molar-refractivity contribution is 6.35. The number of carbonyl (C=O) groups is 1. The van der Waals surface area contributed by atoms with Crippen LogP contribution in [0.15, 0.2) is 48.7 Å². The molecule has 1 amide bonds. The third-order valence-corrected chi connectivity index (χ3v) is 4.59. The summed E-state index contributed by atoms with van der Waals surface area (Å²) in [5, 5.41) is 2.11. The van der Waals surface area contributed by atoms with Gasteiger partial charge in [0.1, 0.15) is 5.75 Å². The predicted molar refractivity (Wildman–Crippen MR) is 102 cm³/mol. The minimum atomic E-state index is -0.106. The molecule has 0 aliphatic rings. The number of likely N-dealkylation sites (N-methyl/N-ethyl adjacent to an activating group) is 1. The van der Waals surface area contributed by atoms with Crippen molar-refractivity contribution in [1.82, 2.24) is 9.88 Å². The van der Waals surface area contributed by atoms with Gasteiger partial charge in [-0.2, -0.15) is 0 Å². The van der Waals surface area contributed by atoms with Crippen LogP contribution < -0.4 is 4.74 Å². The molecule has 3 rings (SSSR count). The average molecular weight is 377 g/mol. The molecule has 0 aliphatic heterocycles. The number of halogens is 2. The topological polar surface area (TPSA) is 45.3 Å². The van der Waals surface area contributed by atoms with Crippen LogP contribution in [0.5, 0.6) is 5.75 Å². The fourth-order valence-corrected chi connectivity index (χ4v) is 3.06. The predicted octanol–water partition coefficient (Wildman–Crippen LogP) is 4.55. The van der Waals surface area contributed by atoms with E-state index in [4.69, 9.17) is 27.9 Å². The maximum Gasteiger partial charge on any atom is 0.260 e. The summed E-state index contributed by atoms with van der Waals surface area (Å²) in [6.45, 7) is 0.546. The van der Waals surface area contributed by atoms with Crippen LogP contribution in [0.1, 0.15) is 5.56 Å². The Morgan fingerprint density at radius 1 is 1.20 bits per heavy atom. The van der Waals surface area contributed by atoms with Gasteiger partial charge < -0.3 is 14.6 Å². The number of hydrogen-bond donors (Lipinski definition) is 1. The van der Waals surface area contributed by atoms with E-state index in [9.17, 15) is 4.79 Å². The van der Waals surface area contributed by atoms with Crippen LogP contribution in [-0.4, -0.2) is 36.0 Å². The van der Waals surface area contributed by atoms with Crippen molar-refractivity contribution in [2.75, 3.05) is 20.2 Å². The Kier molecular flexibility index (Phi) is 5.51. The Bertz CT molecular complexity index is 892. The van der Waals surface area contributed by atoms with Crippen molar-refractivity contribution < 1.29 is 9.53 Å². The van der Waals surface area contributed by atoms with Crippen molar-refractivity contribution in [1.29, 1.82) is 0 Å². The lowest BCUT2D eigenvalue weighted by Crippen LogP contribution is -2.33. The second-order valence-electron chi connectivity index (χ2n) is 5.79. The first-order valence-corrected chi connectivity index (χ1v) is 8.67. The maximum absolute atomic E-state index is 12.2. The molecule has 1 N–H and O–H groups in total. The van der Waals surface area contributed by atoms with Gasteiger partial charge in [0.15, 0.2) is 6.61 Å². The number of rotatable bonds is 6. The van der Waals surface area contributed by atoms with Crippen LogP contribution in [0.4, 0.5) is 0 Å². The van der Waals surface area contributed by atoms with E-state index >= 15 is 0 Å². The number of para-hydroxylation sites is 1. The number of carbonyl (C=O) groups excluding carboxylic acids is 1. The third kappa shape index (κ3) is 4.27. The number of nitrogens with zero attached hydrogens (tertiary/aromatic N) is 1. The van der Waals surface area contributed by atoms with Crippen molar-refractivity contribution in [2.24, 2.45) is 0 Å². The highest BCUT2D eigenvalue weighted by Crippen LogP contribution is 2.27. The number of benzene rings is 2. The molecule has 25 heavy (non-hydrogen) atoms. The van der Waals surface area contributed by atoms with Gasteiger partial charge in [0.05, 0.1) is 5.02 Å². The van der Waals surface area contributed by atoms with Crippen molar-refractivity contribution >= 4 is 40.0 Å². The van der Waals surface area contributed by atoms with Crippen molar-refractivity contribution in [3.63, 3.8) is 0 Å². The Labute approximate surface area is 156 Å². The minimum absolute atomic E-state index is 0.0638. The van der Waals surface area contributed by atoms with E-state index < -0.39 is 0 Å². The fourth-order valence-electron chi connectivity index (χ4n) is 2.59. The van der Waals surface area contributed by atoms with E-state index in [0.717, 1.165) is 11.9 Å². The molecule has 0 fully saturated rings. The Balaban J connectivity index is 1.54. The Hall–Kier alpha value is -2.17. The van der Waals surface area contributed by atoms with E-state index in [0.29, 0.717) is 22.3 Å². The summed E-state index contributed by atoms with van der Waals surface area (Å²) in [5.74, 6) is 0.343. The summed E-state index contributed by atoms with van der Waals surface area (Å²) in [7, 11) is 1.77. The van der Waals surface area contributed by atoms with Gasteiger partial charge in [0, 0.05) is 35.7 Å². The molecule has 130 valence electrons. The number of hydrogen-bond acceptors (Lipinski definition) is 2. The molecule has 6 heteroatoms. The van der Waals surface area contributed by atoms with Crippen LogP contribution in [0.2, 0.25) is 10.0 Å². The van der Waals surface area contributed by atoms with E-state index in [2.05, 4.69) is 11.1 Å². The number of ether oxygens (including phenoxy) is 1. The second-order valence-corrected chi connectivity index (χ2v) is 6.63. The number of fused-ring (bicyclic) bond motifs is 1. The summed E-state index contributed by atoms with van der Waals surface area (Å²) < 4.78 is 5.49. The molecule has 0 bridgehead atoms. The van der Waals surface area contributed by atoms with Crippen LogP contribution in [0.3, 0.4) is 0 Å². The molecule has 0 saturated carbocycles. The zero-order valence-corrected chi connectivity index (χ0v) is 15.3. The summed E-state index contributed by atoms with van der Waals surface area (Å²) in [6, 6.07) is 13.0. The Morgan fingerprint density at radius 3 is 2.80 bits per heavy atom. The number of amides is 1. The van der Waals surface area contributed by atoms with Crippen molar-refractivity contribution in [2.45, 2.75) is 6.42 Å².